The smallest absolute Gasteiger partial charge is 0.255 e. The molecule has 2 fully saturated rings. The molecular formula is C14H15ClN2O2. The van der Waals surface area contributed by atoms with Gasteiger partial charge in [-0.25, -0.2) is 0 Å². The summed E-state index contributed by atoms with van der Waals surface area (Å²) in [5.74, 6) is -0.108. The highest BCUT2D eigenvalue weighted by Gasteiger charge is 2.37. The molecule has 0 aromatic heterocycles. The van der Waals surface area contributed by atoms with Gasteiger partial charge in [-0.1, -0.05) is 23.7 Å². The van der Waals surface area contributed by atoms with E-state index in [1.165, 1.54) is 0 Å². The fourth-order valence-electron chi connectivity index (χ4n) is 2.44. The van der Waals surface area contributed by atoms with E-state index in [2.05, 4.69) is 0 Å². The molecule has 2 amide bonds. The molecule has 1 saturated carbocycles. The van der Waals surface area contributed by atoms with Crippen LogP contribution in [0.2, 0.25) is 5.02 Å². The van der Waals surface area contributed by atoms with E-state index in [4.69, 9.17) is 11.6 Å². The number of piperazine rings is 1. The number of carbonyl (C=O) groups is 2. The Bertz CT molecular complexity index is 528. The maximum atomic E-state index is 12.3. The number of hydrogen-bond donors (Lipinski definition) is 0. The molecule has 0 unspecified atom stereocenters. The minimum absolute atomic E-state index is 0.0501. The lowest BCUT2D eigenvalue weighted by Crippen LogP contribution is -2.52. The highest BCUT2D eigenvalue weighted by molar-refractivity contribution is 6.33. The Kier molecular flexibility index (Phi) is 3.19. The average Bonchev–Trinajstić information content (AvgIpc) is 3.23. The number of carbonyl (C=O) groups excluding carboxylic acids is 2. The van der Waals surface area contributed by atoms with Gasteiger partial charge in [0.05, 0.1) is 10.6 Å². The van der Waals surface area contributed by atoms with E-state index < -0.39 is 0 Å². The van der Waals surface area contributed by atoms with Crippen molar-refractivity contribution < 1.29 is 9.59 Å². The Morgan fingerprint density at radius 1 is 1.21 bits per heavy atom. The average molecular weight is 279 g/mol. The summed E-state index contributed by atoms with van der Waals surface area (Å²) in [4.78, 5) is 27.8. The Morgan fingerprint density at radius 2 is 1.95 bits per heavy atom. The van der Waals surface area contributed by atoms with Gasteiger partial charge in [0.25, 0.3) is 5.91 Å². The van der Waals surface area contributed by atoms with Crippen LogP contribution in [0.3, 0.4) is 0 Å². The molecule has 1 aromatic rings. The van der Waals surface area contributed by atoms with Crippen LogP contribution >= 0.6 is 11.6 Å². The molecule has 19 heavy (non-hydrogen) atoms. The second-order valence-electron chi connectivity index (χ2n) is 5.02. The molecule has 1 saturated heterocycles. The van der Waals surface area contributed by atoms with E-state index >= 15 is 0 Å². The summed E-state index contributed by atoms with van der Waals surface area (Å²) < 4.78 is 0. The maximum Gasteiger partial charge on any atom is 0.255 e. The van der Waals surface area contributed by atoms with Gasteiger partial charge in [0.1, 0.15) is 6.54 Å². The third-order valence-electron chi connectivity index (χ3n) is 3.64. The van der Waals surface area contributed by atoms with E-state index in [9.17, 15) is 9.59 Å². The van der Waals surface area contributed by atoms with Crippen LogP contribution in [-0.4, -0.2) is 47.3 Å². The highest BCUT2D eigenvalue weighted by Crippen LogP contribution is 2.28. The van der Waals surface area contributed by atoms with Crippen molar-refractivity contribution in [2.75, 3.05) is 19.6 Å². The molecule has 0 N–H and O–H groups in total. The van der Waals surface area contributed by atoms with E-state index in [0.29, 0.717) is 29.7 Å². The van der Waals surface area contributed by atoms with Crippen LogP contribution in [0.15, 0.2) is 24.3 Å². The lowest BCUT2D eigenvalue weighted by molar-refractivity contribution is -0.135. The molecule has 100 valence electrons. The minimum atomic E-state index is -0.158. The molecule has 0 radical (unpaired) electrons. The van der Waals surface area contributed by atoms with Crippen LogP contribution in [0.1, 0.15) is 23.2 Å². The molecule has 5 heteroatoms. The number of halogens is 1. The summed E-state index contributed by atoms with van der Waals surface area (Å²) >= 11 is 6.02. The zero-order valence-corrected chi connectivity index (χ0v) is 11.3. The van der Waals surface area contributed by atoms with Crippen molar-refractivity contribution in [1.29, 1.82) is 0 Å². The SMILES string of the molecule is O=C(c1ccccc1Cl)N1CCN(C2CC2)C(=O)C1. The zero-order valence-electron chi connectivity index (χ0n) is 10.5. The van der Waals surface area contributed by atoms with Gasteiger partial charge in [0.15, 0.2) is 0 Å². The summed E-state index contributed by atoms with van der Waals surface area (Å²) in [6.07, 6.45) is 2.20. The monoisotopic (exact) mass is 278 g/mol. The van der Waals surface area contributed by atoms with E-state index in [1.807, 2.05) is 4.90 Å². The van der Waals surface area contributed by atoms with E-state index in [1.54, 1.807) is 29.2 Å². The lowest BCUT2D eigenvalue weighted by Gasteiger charge is -2.34. The fourth-order valence-corrected chi connectivity index (χ4v) is 2.65. The normalized spacial score (nSPS) is 19.7. The molecule has 4 nitrogen and oxygen atoms in total. The van der Waals surface area contributed by atoms with Gasteiger partial charge < -0.3 is 9.80 Å². The number of benzene rings is 1. The second-order valence-corrected chi connectivity index (χ2v) is 5.43. The molecule has 1 aromatic carbocycles. The van der Waals surface area contributed by atoms with Gasteiger partial charge >= 0.3 is 0 Å². The van der Waals surface area contributed by atoms with Crippen LogP contribution in [0, 0.1) is 0 Å². The van der Waals surface area contributed by atoms with Crippen molar-refractivity contribution in [3.63, 3.8) is 0 Å². The van der Waals surface area contributed by atoms with Gasteiger partial charge in [-0.15, -0.1) is 0 Å². The molecular weight excluding hydrogens is 264 g/mol. The van der Waals surface area contributed by atoms with Crippen molar-refractivity contribution >= 4 is 23.4 Å². The van der Waals surface area contributed by atoms with Gasteiger partial charge in [-0.3, -0.25) is 9.59 Å². The van der Waals surface area contributed by atoms with Crippen LogP contribution in [-0.2, 0) is 4.79 Å². The first kappa shape index (κ1) is 12.5. The number of amides is 2. The van der Waals surface area contributed by atoms with Crippen molar-refractivity contribution in [3.05, 3.63) is 34.9 Å². The molecule has 0 spiro atoms. The molecule has 1 aliphatic carbocycles. The number of rotatable bonds is 2. The fraction of sp³-hybridized carbons (Fsp3) is 0.429. The molecule has 3 rings (SSSR count). The molecule has 2 aliphatic rings. The third-order valence-corrected chi connectivity index (χ3v) is 3.97. The summed E-state index contributed by atoms with van der Waals surface area (Å²) in [6.45, 7) is 1.40. The lowest BCUT2D eigenvalue weighted by atomic mass is 10.1. The largest absolute Gasteiger partial charge is 0.336 e. The molecule has 0 atom stereocenters. The topological polar surface area (TPSA) is 40.6 Å². The second kappa shape index (κ2) is 4.85. The summed E-state index contributed by atoms with van der Waals surface area (Å²) in [5, 5.41) is 0.435. The third kappa shape index (κ3) is 2.45. The zero-order chi connectivity index (χ0) is 13.4. The summed E-state index contributed by atoms with van der Waals surface area (Å²) in [6, 6.07) is 7.38. The van der Waals surface area contributed by atoms with Crippen LogP contribution < -0.4 is 0 Å². The van der Waals surface area contributed by atoms with Crippen LogP contribution in [0.4, 0.5) is 0 Å². The molecule has 0 bridgehead atoms. The Balaban J connectivity index is 1.72. The van der Waals surface area contributed by atoms with Crippen LogP contribution in [0.25, 0.3) is 0 Å². The first-order chi connectivity index (χ1) is 9.16. The Morgan fingerprint density at radius 3 is 2.58 bits per heavy atom. The van der Waals surface area contributed by atoms with Gasteiger partial charge in [-0.2, -0.15) is 0 Å². The first-order valence-corrected chi connectivity index (χ1v) is 6.88. The van der Waals surface area contributed by atoms with E-state index in [0.717, 1.165) is 12.8 Å². The first-order valence-electron chi connectivity index (χ1n) is 6.50. The molecule has 1 heterocycles. The predicted octanol–water partition coefficient (Wildman–Crippen LogP) is 1.79. The molecule has 1 aliphatic heterocycles. The van der Waals surface area contributed by atoms with Crippen LogP contribution in [0.5, 0.6) is 0 Å². The summed E-state index contributed by atoms with van der Waals surface area (Å²) in [7, 11) is 0. The van der Waals surface area contributed by atoms with Crippen molar-refractivity contribution in [1.82, 2.24) is 9.80 Å². The number of hydrogen-bond acceptors (Lipinski definition) is 2. The van der Waals surface area contributed by atoms with Crippen molar-refractivity contribution in [2.24, 2.45) is 0 Å². The Hall–Kier alpha value is -1.55. The predicted molar refractivity (Wildman–Crippen MR) is 72.1 cm³/mol. The maximum absolute atomic E-state index is 12.3. The number of nitrogens with zero attached hydrogens (tertiary/aromatic N) is 2. The van der Waals surface area contributed by atoms with Gasteiger partial charge in [0, 0.05) is 19.1 Å². The Labute approximate surface area is 116 Å². The van der Waals surface area contributed by atoms with Crippen molar-refractivity contribution in [3.8, 4) is 0 Å². The highest BCUT2D eigenvalue weighted by atomic mass is 35.5. The quantitative estimate of drug-likeness (QED) is 0.827. The van der Waals surface area contributed by atoms with Gasteiger partial charge in [0.2, 0.25) is 5.91 Å². The minimum Gasteiger partial charge on any atom is -0.336 e. The summed E-state index contributed by atoms with van der Waals surface area (Å²) in [5.41, 5.74) is 0.469. The van der Waals surface area contributed by atoms with Gasteiger partial charge in [-0.05, 0) is 25.0 Å². The van der Waals surface area contributed by atoms with Crippen molar-refractivity contribution in [2.45, 2.75) is 18.9 Å². The standard InChI is InChI=1S/C14H15ClN2O2/c15-12-4-2-1-3-11(12)14(19)16-7-8-17(10-5-6-10)13(18)9-16/h1-4,10H,5-9H2. The van der Waals surface area contributed by atoms with E-state index in [-0.39, 0.29) is 18.4 Å².